The van der Waals surface area contributed by atoms with Crippen LogP contribution in [0.2, 0.25) is 0 Å². The van der Waals surface area contributed by atoms with E-state index in [0.29, 0.717) is 10.2 Å². The summed E-state index contributed by atoms with van der Waals surface area (Å²) in [5, 5.41) is 0. The van der Waals surface area contributed by atoms with Gasteiger partial charge < -0.3 is 0 Å². The molecular formula is C8H11BrFN. The monoisotopic (exact) mass is 219 g/mol. The number of nitrogens with zero attached hydrogens (tertiary/aromatic N) is 1. The predicted octanol–water partition coefficient (Wildman–Crippen LogP) is 3.32. The third-order valence-corrected chi connectivity index (χ3v) is 1.44. The molecule has 0 atom stereocenters. The van der Waals surface area contributed by atoms with Gasteiger partial charge in [0.25, 0.3) is 0 Å². The minimum Gasteiger partial charge on any atom is -0.212 e. The van der Waals surface area contributed by atoms with Gasteiger partial charge >= 0.3 is 0 Å². The first-order valence-corrected chi connectivity index (χ1v) is 4.28. The lowest BCUT2D eigenvalue weighted by Gasteiger charge is -1.92. The van der Waals surface area contributed by atoms with Gasteiger partial charge in [-0.3, -0.25) is 0 Å². The second-order valence-electron chi connectivity index (χ2n) is 1.74. The van der Waals surface area contributed by atoms with Crippen LogP contribution in [0.5, 0.6) is 0 Å². The molecular weight excluding hydrogens is 209 g/mol. The van der Waals surface area contributed by atoms with Crippen LogP contribution in [0.4, 0.5) is 4.39 Å². The molecule has 11 heavy (non-hydrogen) atoms. The highest BCUT2D eigenvalue weighted by Crippen LogP contribution is 2.08. The molecule has 0 fully saturated rings. The second-order valence-corrected chi connectivity index (χ2v) is 2.55. The number of hydrogen-bond donors (Lipinski definition) is 0. The molecule has 3 heteroatoms. The Balaban J connectivity index is 0.000000461. The normalized spacial score (nSPS) is 8.45. The summed E-state index contributed by atoms with van der Waals surface area (Å²) in [6.07, 6.45) is 0. The molecule has 0 radical (unpaired) electrons. The van der Waals surface area contributed by atoms with Crippen LogP contribution in [0, 0.1) is 12.9 Å². The molecule has 1 nitrogen and oxygen atoms in total. The molecule has 1 aromatic heterocycles. The average Bonchev–Trinajstić information content (AvgIpc) is 2.02. The molecule has 0 aromatic carbocycles. The van der Waals surface area contributed by atoms with E-state index in [1.807, 2.05) is 13.8 Å². The number of halogens is 2. The molecule has 0 saturated heterocycles. The van der Waals surface area contributed by atoms with Gasteiger partial charge in [-0.05, 0) is 28.9 Å². The van der Waals surface area contributed by atoms with Crippen molar-refractivity contribution in [3.8, 4) is 0 Å². The second kappa shape index (κ2) is 5.24. The highest BCUT2D eigenvalue weighted by Gasteiger charge is 1.96. The molecule has 0 spiro atoms. The van der Waals surface area contributed by atoms with Crippen molar-refractivity contribution >= 4 is 15.9 Å². The molecule has 0 bridgehead atoms. The summed E-state index contributed by atoms with van der Waals surface area (Å²) >= 11 is 3.05. The van der Waals surface area contributed by atoms with Crippen molar-refractivity contribution in [2.75, 3.05) is 0 Å². The van der Waals surface area contributed by atoms with Gasteiger partial charge in [0.15, 0.2) is 0 Å². The van der Waals surface area contributed by atoms with Crippen LogP contribution in [0.25, 0.3) is 0 Å². The Morgan fingerprint density at radius 2 is 1.91 bits per heavy atom. The standard InChI is InChI=1S/C6H5BrFN.C2H6/c1-4-2-3-5(7)9-6(4)8;1-2/h2-3H,1H3;1-2H3. The fourth-order valence-corrected chi connectivity index (χ4v) is 0.770. The third-order valence-electron chi connectivity index (χ3n) is 1.00. The highest BCUT2D eigenvalue weighted by atomic mass is 79.9. The van der Waals surface area contributed by atoms with Crippen LogP contribution in [0.1, 0.15) is 19.4 Å². The molecule has 1 aromatic rings. The summed E-state index contributed by atoms with van der Waals surface area (Å²) in [4.78, 5) is 3.52. The Morgan fingerprint density at radius 1 is 1.36 bits per heavy atom. The number of aromatic nitrogens is 1. The average molecular weight is 220 g/mol. The van der Waals surface area contributed by atoms with Gasteiger partial charge in [-0.15, -0.1) is 0 Å². The van der Waals surface area contributed by atoms with E-state index in [0.717, 1.165) is 0 Å². The molecule has 0 aliphatic heterocycles. The lowest BCUT2D eigenvalue weighted by Crippen LogP contribution is -1.86. The molecule has 0 unspecified atom stereocenters. The summed E-state index contributed by atoms with van der Waals surface area (Å²) in [6, 6.07) is 3.38. The topological polar surface area (TPSA) is 12.9 Å². The maximum absolute atomic E-state index is 12.4. The van der Waals surface area contributed by atoms with Crippen molar-refractivity contribution in [1.29, 1.82) is 0 Å². The Hall–Kier alpha value is -0.440. The minimum absolute atomic E-state index is 0.413. The maximum atomic E-state index is 12.4. The van der Waals surface area contributed by atoms with Crippen molar-refractivity contribution in [3.05, 3.63) is 28.2 Å². The van der Waals surface area contributed by atoms with E-state index in [1.165, 1.54) is 0 Å². The van der Waals surface area contributed by atoms with Crippen LogP contribution in [0.15, 0.2) is 16.7 Å². The quantitative estimate of drug-likeness (QED) is 0.611. The highest BCUT2D eigenvalue weighted by molar-refractivity contribution is 9.10. The Labute approximate surface area is 74.8 Å². The van der Waals surface area contributed by atoms with Crippen LogP contribution >= 0.6 is 15.9 Å². The van der Waals surface area contributed by atoms with Gasteiger partial charge in [0.2, 0.25) is 5.95 Å². The summed E-state index contributed by atoms with van der Waals surface area (Å²) in [5.41, 5.74) is 0.568. The van der Waals surface area contributed by atoms with Crippen molar-refractivity contribution < 1.29 is 4.39 Å². The van der Waals surface area contributed by atoms with Crippen molar-refractivity contribution in [1.82, 2.24) is 4.98 Å². The first-order valence-electron chi connectivity index (χ1n) is 3.49. The van der Waals surface area contributed by atoms with E-state index >= 15 is 0 Å². The Kier molecular flexibility index (Phi) is 5.03. The number of aryl methyl sites for hydroxylation is 1. The van der Waals surface area contributed by atoms with Crippen molar-refractivity contribution in [2.24, 2.45) is 0 Å². The predicted molar refractivity (Wildman–Crippen MR) is 48.0 cm³/mol. The first-order chi connectivity index (χ1) is 5.20. The Bertz CT molecular complexity index is 225. The maximum Gasteiger partial charge on any atom is 0.216 e. The summed E-state index contributed by atoms with van der Waals surface area (Å²) in [6.45, 7) is 5.68. The van der Waals surface area contributed by atoms with Crippen molar-refractivity contribution in [3.63, 3.8) is 0 Å². The van der Waals surface area contributed by atoms with Crippen LogP contribution < -0.4 is 0 Å². The zero-order chi connectivity index (χ0) is 8.85. The Morgan fingerprint density at radius 3 is 2.27 bits per heavy atom. The van der Waals surface area contributed by atoms with E-state index in [1.54, 1.807) is 19.1 Å². The zero-order valence-corrected chi connectivity index (χ0v) is 8.44. The first kappa shape index (κ1) is 10.6. The zero-order valence-electron chi connectivity index (χ0n) is 6.86. The summed E-state index contributed by atoms with van der Waals surface area (Å²) in [7, 11) is 0. The van der Waals surface area contributed by atoms with E-state index in [4.69, 9.17) is 0 Å². The molecule has 0 aliphatic rings. The van der Waals surface area contributed by atoms with Crippen LogP contribution in [0.3, 0.4) is 0 Å². The smallest absolute Gasteiger partial charge is 0.212 e. The summed E-state index contributed by atoms with van der Waals surface area (Å²) < 4.78 is 13.0. The third kappa shape index (κ3) is 3.46. The SMILES string of the molecule is CC.Cc1ccc(Br)nc1F. The van der Waals surface area contributed by atoms with Crippen LogP contribution in [-0.2, 0) is 0 Å². The van der Waals surface area contributed by atoms with E-state index in [-0.39, 0.29) is 0 Å². The summed E-state index contributed by atoms with van der Waals surface area (Å²) in [5.74, 6) is -0.413. The van der Waals surface area contributed by atoms with E-state index in [2.05, 4.69) is 20.9 Å². The lowest BCUT2D eigenvalue weighted by molar-refractivity contribution is 0.571. The number of pyridine rings is 1. The van der Waals surface area contributed by atoms with Gasteiger partial charge in [-0.1, -0.05) is 19.9 Å². The fraction of sp³-hybridized carbons (Fsp3) is 0.375. The van der Waals surface area contributed by atoms with E-state index in [9.17, 15) is 4.39 Å². The van der Waals surface area contributed by atoms with Gasteiger partial charge in [0.1, 0.15) is 4.60 Å². The molecule has 0 aliphatic carbocycles. The molecule has 1 heterocycles. The van der Waals surface area contributed by atoms with Gasteiger partial charge in [-0.25, -0.2) is 4.98 Å². The molecule has 0 saturated carbocycles. The largest absolute Gasteiger partial charge is 0.216 e. The van der Waals surface area contributed by atoms with Gasteiger partial charge in [0.05, 0.1) is 0 Å². The molecule has 62 valence electrons. The van der Waals surface area contributed by atoms with Gasteiger partial charge in [0, 0.05) is 5.56 Å². The number of rotatable bonds is 0. The van der Waals surface area contributed by atoms with Crippen LogP contribution in [-0.4, -0.2) is 4.98 Å². The fourth-order valence-electron chi connectivity index (χ4n) is 0.482. The molecule has 0 amide bonds. The van der Waals surface area contributed by atoms with Gasteiger partial charge in [-0.2, -0.15) is 4.39 Å². The number of hydrogen-bond acceptors (Lipinski definition) is 1. The lowest BCUT2D eigenvalue weighted by atomic mass is 10.3. The molecule has 1 rings (SSSR count). The minimum atomic E-state index is -0.413. The van der Waals surface area contributed by atoms with Crippen molar-refractivity contribution in [2.45, 2.75) is 20.8 Å². The van der Waals surface area contributed by atoms with E-state index < -0.39 is 5.95 Å². The molecule has 0 N–H and O–H groups in total.